The van der Waals surface area contributed by atoms with Crippen LogP contribution < -0.4 is 9.64 Å². The minimum absolute atomic E-state index is 0.0622. The molecule has 8 rings (SSSR count). The molecule has 4 aliphatic rings. The first-order chi connectivity index (χ1) is 21.6. The van der Waals surface area contributed by atoms with Crippen LogP contribution in [0.1, 0.15) is 44.9 Å². The number of aliphatic hydroxyl groups is 1. The summed E-state index contributed by atoms with van der Waals surface area (Å²) in [5, 5.41) is 20.8. The first-order valence-corrected chi connectivity index (χ1v) is 15.6. The number of alkyl halides is 1. The Balaban J connectivity index is 1.26. The number of hydrogen-bond donors (Lipinski definition) is 2. The molecule has 0 unspecified atom stereocenters. The smallest absolute Gasteiger partial charge is 0.319 e. The molecule has 5 heterocycles. The predicted molar refractivity (Wildman–Crippen MR) is 159 cm³/mol. The summed E-state index contributed by atoms with van der Waals surface area (Å²) in [6.07, 6.45) is 5.38. The molecule has 8 nitrogen and oxygen atoms in total. The van der Waals surface area contributed by atoms with Crippen molar-refractivity contribution in [3.05, 3.63) is 47.9 Å². The lowest BCUT2D eigenvalue weighted by Gasteiger charge is -2.51. The van der Waals surface area contributed by atoms with Gasteiger partial charge in [0.05, 0.1) is 17.0 Å². The van der Waals surface area contributed by atoms with Crippen LogP contribution in [-0.4, -0.2) is 80.7 Å². The second-order valence-corrected chi connectivity index (χ2v) is 13.4. The van der Waals surface area contributed by atoms with E-state index in [9.17, 15) is 19.0 Å². The van der Waals surface area contributed by atoms with Crippen LogP contribution in [0.25, 0.3) is 32.9 Å². The average Bonchev–Trinajstić information content (AvgIpc) is 3.53. The molecule has 2 N–H and O–H groups in total. The number of aromatic hydroxyl groups is 1. The van der Waals surface area contributed by atoms with Gasteiger partial charge in [-0.05, 0) is 74.1 Å². The molecular formula is C33H33F4N5O3. The topological polar surface area (TPSA) is 94.8 Å². The molecule has 2 aromatic heterocycles. The summed E-state index contributed by atoms with van der Waals surface area (Å²) < 4.78 is 66.7. The number of fused-ring (bicyclic) bond motifs is 3. The fourth-order valence-electron chi connectivity index (χ4n) is 8.39. The van der Waals surface area contributed by atoms with Gasteiger partial charge in [0.25, 0.3) is 0 Å². The van der Waals surface area contributed by atoms with E-state index in [1.165, 1.54) is 18.3 Å². The van der Waals surface area contributed by atoms with Crippen LogP contribution in [0, 0.1) is 22.9 Å². The lowest BCUT2D eigenvalue weighted by atomic mass is 9.62. The van der Waals surface area contributed by atoms with Gasteiger partial charge in [-0.25, -0.2) is 17.6 Å². The number of benzene rings is 2. The van der Waals surface area contributed by atoms with Crippen molar-refractivity contribution in [2.45, 2.75) is 62.8 Å². The monoisotopic (exact) mass is 623 g/mol. The summed E-state index contributed by atoms with van der Waals surface area (Å²) in [5.74, 6) is -3.02. The molecule has 0 amide bonds. The molecule has 3 saturated heterocycles. The summed E-state index contributed by atoms with van der Waals surface area (Å²) in [5.41, 5.74) is -1.08. The highest BCUT2D eigenvalue weighted by Gasteiger charge is 2.50. The van der Waals surface area contributed by atoms with Crippen LogP contribution in [0.4, 0.5) is 23.4 Å². The van der Waals surface area contributed by atoms with Crippen molar-refractivity contribution in [1.82, 2.24) is 19.9 Å². The first-order valence-electron chi connectivity index (χ1n) is 15.6. The molecular weight excluding hydrogens is 590 g/mol. The summed E-state index contributed by atoms with van der Waals surface area (Å²) in [6, 6.07) is 4.61. The number of piperidine rings is 1. The van der Waals surface area contributed by atoms with Gasteiger partial charge < -0.3 is 19.8 Å². The normalized spacial score (nSPS) is 28.2. The molecule has 2 atom stereocenters. The average molecular weight is 624 g/mol. The van der Waals surface area contributed by atoms with Gasteiger partial charge in [-0.3, -0.25) is 9.88 Å². The van der Waals surface area contributed by atoms with Crippen molar-refractivity contribution in [2.24, 2.45) is 5.41 Å². The molecule has 0 bridgehead atoms. The molecule has 1 spiro atoms. The number of phenols is 1. The van der Waals surface area contributed by atoms with E-state index in [1.807, 2.05) is 0 Å². The Labute approximate surface area is 256 Å². The fourth-order valence-corrected chi connectivity index (χ4v) is 8.39. The zero-order chi connectivity index (χ0) is 31.1. The molecule has 3 aliphatic heterocycles. The zero-order valence-electron chi connectivity index (χ0n) is 24.6. The van der Waals surface area contributed by atoms with Gasteiger partial charge in [0, 0.05) is 43.2 Å². The quantitative estimate of drug-likeness (QED) is 0.275. The van der Waals surface area contributed by atoms with E-state index in [1.54, 1.807) is 0 Å². The highest BCUT2D eigenvalue weighted by atomic mass is 19.2. The van der Waals surface area contributed by atoms with Gasteiger partial charge in [-0.15, -0.1) is 0 Å². The maximum atomic E-state index is 16.6. The highest BCUT2D eigenvalue weighted by Crippen LogP contribution is 2.49. The summed E-state index contributed by atoms with van der Waals surface area (Å²) in [4.78, 5) is 17.7. The molecule has 236 valence electrons. The number of nitrogens with zero attached hydrogens (tertiary/aromatic N) is 5. The maximum absolute atomic E-state index is 16.6. The second-order valence-electron chi connectivity index (χ2n) is 13.4. The Morgan fingerprint density at radius 1 is 1.00 bits per heavy atom. The Morgan fingerprint density at radius 3 is 2.64 bits per heavy atom. The molecule has 2 aromatic carbocycles. The summed E-state index contributed by atoms with van der Waals surface area (Å²) >= 11 is 0. The lowest BCUT2D eigenvalue weighted by molar-refractivity contribution is -0.0396. The molecule has 12 heteroatoms. The van der Waals surface area contributed by atoms with Gasteiger partial charge in [0.15, 0.2) is 17.5 Å². The summed E-state index contributed by atoms with van der Waals surface area (Å²) in [7, 11) is 0. The SMILES string of the molecule is Oc1cc(-c2ncc3c(N4CCC[C@]5(C4)C[C@@H](O)C5)nc(OC[C@@]45CCCN4C[C@H](F)C5)nc3c2F)c2c(F)c(F)ccc2c1. The Bertz CT molecular complexity index is 1830. The number of phenolic OH excluding ortho intramolecular Hbond substituents is 1. The Kier molecular flexibility index (Phi) is 6.62. The number of anilines is 1. The van der Waals surface area contributed by atoms with Crippen LogP contribution >= 0.6 is 0 Å². The standard InChI is InChI=1S/C33H33F4N5O3/c34-19-11-33(6-2-8-42(33)15-19)17-45-31-39-29-23(30(40-31)41-7-1-5-32(16-41)12-21(44)13-32)14-38-28(27(29)37)22-10-20(43)9-18-3-4-24(35)26(36)25(18)22/h3-4,9-10,14,19,21,43-44H,1-2,5-8,11-13,15-17H2/t19-,21-,32+,33+/m1/s1. The van der Waals surface area contributed by atoms with E-state index in [2.05, 4.69) is 19.8 Å². The molecule has 1 aliphatic carbocycles. The predicted octanol–water partition coefficient (Wildman–Crippen LogP) is 5.66. The van der Waals surface area contributed by atoms with E-state index in [4.69, 9.17) is 9.72 Å². The molecule has 45 heavy (non-hydrogen) atoms. The Morgan fingerprint density at radius 2 is 1.82 bits per heavy atom. The van der Waals surface area contributed by atoms with Gasteiger partial charge in [-0.2, -0.15) is 9.97 Å². The largest absolute Gasteiger partial charge is 0.508 e. The van der Waals surface area contributed by atoms with Crippen molar-refractivity contribution >= 4 is 27.5 Å². The number of hydrogen-bond acceptors (Lipinski definition) is 8. The van der Waals surface area contributed by atoms with Crippen molar-refractivity contribution < 1.29 is 32.5 Å². The number of aromatic nitrogens is 3. The number of aliphatic hydroxyl groups excluding tert-OH is 1. The van der Waals surface area contributed by atoms with Crippen molar-refractivity contribution in [3.63, 3.8) is 0 Å². The van der Waals surface area contributed by atoms with E-state index in [-0.39, 0.29) is 57.4 Å². The number of pyridine rings is 1. The molecule has 4 aromatic rings. The molecule has 4 fully saturated rings. The number of ether oxygens (including phenoxy) is 1. The number of rotatable bonds is 5. The van der Waals surface area contributed by atoms with E-state index in [0.29, 0.717) is 50.1 Å². The molecule has 0 radical (unpaired) electrons. The van der Waals surface area contributed by atoms with E-state index < -0.39 is 29.2 Å². The van der Waals surface area contributed by atoms with Crippen LogP contribution in [0.15, 0.2) is 30.5 Å². The van der Waals surface area contributed by atoms with Gasteiger partial charge in [0.2, 0.25) is 0 Å². The lowest BCUT2D eigenvalue weighted by Crippen LogP contribution is -2.52. The zero-order valence-corrected chi connectivity index (χ0v) is 24.6. The minimum Gasteiger partial charge on any atom is -0.508 e. The third-order valence-electron chi connectivity index (χ3n) is 10.4. The third kappa shape index (κ3) is 4.67. The van der Waals surface area contributed by atoms with Crippen molar-refractivity contribution in [3.8, 4) is 23.0 Å². The van der Waals surface area contributed by atoms with Crippen LogP contribution in [-0.2, 0) is 0 Å². The van der Waals surface area contributed by atoms with E-state index in [0.717, 1.165) is 44.4 Å². The molecule has 1 saturated carbocycles. The van der Waals surface area contributed by atoms with Gasteiger partial charge >= 0.3 is 6.01 Å². The maximum Gasteiger partial charge on any atom is 0.319 e. The number of halogens is 4. The summed E-state index contributed by atoms with van der Waals surface area (Å²) in [6.45, 7) is 2.55. The minimum atomic E-state index is -1.18. The highest BCUT2D eigenvalue weighted by molar-refractivity contribution is 6.00. The van der Waals surface area contributed by atoms with Crippen LogP contribution in [0.3, 0.4) is 0 Å². The van der Waals surface area contributed by atoms with Crippen LogP contribution in [0.5, 0.6) is 11.8 Å². The van der Waals surface area contributed by atoms with Crippen molar-refractivity contribution in [2.75, 3.05) is 37.7 Å². The van der Waals surface area contributed by atoms with Gasteiger partial charge in [-0.1, -0.05) is 6.07 Å². The third-order valence-corrected chi connectivity index (χ3v) is 10.4. The fraction of sp³-hybridized carbons (Fsp3) is 0.485. The second kappa shape index (κ2) is 10.4. The van der Waals surface area contributed by atoms with Gasteiger partial charge in [0.1, 0.15) is 35.6 Å². The van der Waals surface area contributed by atoms with Crippen LogP contribution in [0.2, 0.25) is 0 Å². The van der Waals surface area contributed by atoms with Crippen molar-refractivity contribution in [1.29, 1.82) is 0 Å². The first kappa shape index (κ1) is 28.7. The van der Waals surface area contributed by atoms with E-state index >= 15 is 8.78 Å². The Hall–Kier alpha value is -3.77.